The second-order valence-electron chi connectivity index (χ2n) is 8.05. The molecule has 0 aliphatic carbocycles. The second-order valence-corrected chi connectivity index (χ2v) is 8.05. The average molecular weight is 340 g/mol. The number of likely N-dealkylation sites (N-methyl/N-ethyl adjacent to an activating group) is 1. The van der Waals surface area contributed by atoms with Gasteiger partial charge in [-0.25, -0.2) is 4.98 Å². The summed E-state index contributed by atoms with van der Waals surface area (Å²) in [4.78, 5) is 19.9. The van der Waals surface area contributed by atoms with Crippen molar-refractivity contribution in [1.82, 2.24) is 19.8 Å². The van der Waals surface area contributed by atoms with Gasteiger partial charge in [-0.3, -0.25) is 9.69 Å². The molecule has 2 heterocycles. The molecule has 1 aromatic carbocycles. The van der Waals surface area contributed by atoms with E-state index < -0.39 is 0 Å². The molecule has 0 fully saturated rings. The van der Waals surface area contributed by atoms with E-state index in [0.29, 0.717) is 5.69 Å². The summed E-state index contributed by atoms with van der Waals surface area (Å²) in [5.74, 6) is 0.806. The van der Waals surface area contributed by atoms with Crippen LogP contribution in [0, 0.1) is 5.41 Å². The van der Waals surface area contributed by atoms with Gasteiger partial charge in [0.2, 0.25) is 0 Å². The van der Waals surface area contributed by atoms with Crippen molar-refractivity contribution in [2.24, 2.45) is 5.41 Å². The number of nitrogens with one attached hydrogen (secondary N) is 1. The van der Waals surface area contributed by atoms with Crippen LogP contribution in [-0.4, -0.2) is 40.0 Å². The van der Waals surface area contributed by atoms with Crippen molar-refractivity contribution in [2.45, 2.75) is 46.8 Å². The van der Waals surface area contributed by atoms with E-state index in [2.05, 4.69) is 42.6 Å². The van der Waals surface area contributed by atoms with Crippen LogP contribution < -0.4 is 5.32 Å². The number of rotatable bonds is 3. The van der Waals surface area contributed by atoms with E-state index in [0.717, 1.165) is 36.7 Å². The minimum Gasteiger partial charge on any atom is -0.348 e. The molecule has 5 heteroatoms. The zero-order valence-electron chi connectivity index (χ0n) is 15.8. The minimum atomic E-state index is -0.0799. The number of hydrogen-bond donors (Lipinski definition) is 1. The van der Waals surface area contributed by atoms with Gasteiger partial charge in [-0.2, -0.15) is 0 Å². The molecule has 1 amide bonds. The van der Waals surface area contributed by atoms with Crippen molar-refractivity contribution in [3.05, 3.63) is 41.7 Å². The zero-order chi connectivity index (χ0) is 18.2. The lowest BCUT2D eigenvalue weighted by Gasteiger charge is -2.28. The molecule has 1 aliphatic rings. The fourth-order valence-electron chi connectivity index (χ4n) is 2.96. The van der Waals surface area contributed by atoms with Crippen LogP contribution in [0.2, 0.25) is 0 Å². The molecule has 0 saturated heterocycles. The molecule has 0 spiro atoms. The maximum atomic E-state index is 12.9. The number of amides is 1. The van der Waals surface area contributed by atoms with Crippen LogP contribution in [0.1, 0.15) is 43.9 Å². The van der Waals surface area contributed by atoms with Gasteiger partial charge >= 0.3 is 0 Å². The maximum Gasteiger partial charge on any atom is 0.272 e. The monoisotopic (exact) mass is 340 g/mol. The standard InChI is InChI=1S/C20H28N4O/c1-14(20(2,3)4)21-19(25)17-16-13-23(5)11-12-24(16)18(22-17)15-9-7-6-8-10-15/h6-10,14H,11-13H2,1-5H3,(H,21,25)/t14-/m1/s1. The van der Waals surface area contributed by atoms with E-state index in [9.17, 15) is 4.79 Å². The van der Waals surface area contributed by atoms with Crippen molar-refractivity contribution in [1.29, 1.82) is 0 Å². The van der Waals surface area contributed by atoms with Crippen LogP contribution in [0.3, 0.4) is 0 Å². The zero-order valence-corrected chi connectivity index (χ0v) is 15.8. The first-order chi connectivity index (χ1) is 11.8. The number of fused-ring (bicyclic) bond motifs is 1. The molecule has 0 radical (unpaired) electrons. The number of nitrogens with zero attached hydrogens (tertiary/aromatic N) is 3. The van der Waals surface area contributed by atoms with Crippen molar-refractivity contribution >= 4 is 5.91 Å². The normalized spacial score (nSPS) is 16.4. The summed E-state index contributed by atoms with van der Waals surface area (Å²) < 4.78 is 2.20. The molecule has 5 nitrogen and oxygen atoms in total. The third-order valence-electron chi connectivity index (χ3n) is 5.09. The highest BCUT2D eigenvalue weighted by Gasteiger charge is 2.29. The number of benzene rings is 1. The highest BCUT2D eigenvalue weighted by Crippen LogP contribution is 2.26. The lowest BCUT2D eigenvalue weighted by Crippen LogP contribution is -2.42. The van der Waals surface area contributed by atoms with Gasteiger partial charge in [-0.1, -0.05) is 51.1 Å². The Hall–Kier alpha value is -2.14. The largest absolute Gasteiger partial charge is 0.348 e. The van der Waals surface area contributed by atoms with Gasteiger partial charge in [0, 0.05) is 31.2 Å². The third kappa shape index (κ3) is 3.61. The van der Waals surface area contributed by atoms with Crippen LogP contribution >= 0.6 is 0 Å². The molecule has 1 aromatic heterocycles. The van der Waals surface area contributed by atoms with E-state index in [1.807, 2.05) is 37.3 Å². The summed E-state index contributed by atoms with van der Waals surface area (Å²) >= 11 is 0. The number of imidazole rings is 1. The Labute approximate surface area is 150 Å². The topological polar surface area (TPSA) is 50.2 Å². The Bertz CT molecular complexity index is 758. The van der Waals surface area contributed by atoms with Crippen molar-refractivity contribution in [2.75, 3.05) is 13.6 Å². The van der Waals surface area contributed by atoms with E-state index in [-0.39, 0.29) is 17.4 Å². The van der Waals surface area contributed by atoms with Crippen LogP contribution in [-0.2, 0) is 13.1 Å². The molecule has 1 N–H and O–H groups in total. The predicted molar refractivity (Wildman–Crippen MR) is 100 cm³/mol. The predicted octanol–water partition coefficient (Wildman–Crippen LogP) is 3.16. The van der Waals surface area contributed by atoms with Gasteiger partial charge in [0.15, 0.2) is 5.69 Å². The Morgan fingerprint density at radius 2 is 1.88 bits per heavy atom. The number of carbonyl (C=O) groups is 1. The Balaban J connectivity index is 1.99. The van der Waals surface area contributed by atoms with Crippen molar-refractivity contribution in [3.8, 4) is 11.4 Å². The van der Waals surface area contributed by atoms with E-state index >= 15 is 0 Å². The molecule has 0 bridgehead atoms. The van der Waals surface area contributed by atoms with Gasteiger partial charge in [0.1, 0.15) is 5.82 Å². The fraction of sp³-hybridized carbons (Fsp3) is 0.500. The van der Waals surface area contributed by atoms with Gasteiger partial charge < -0.3 is 9.88 Å². The smallest absolute Gasteiger partial charge is 0.272 e. The number of hydrogen-bond acceptors (Lipinski definition) is 3. The first-order valence-electron chi connectivity index (χ1n) is 8.91. The van der Waals surface area contributed by atoms with E-state index in [4.69, 9.17) is 4.98 Å². The molecule has 2 aromatic rings. The molecular formula is C20H28N4O. The summed E-state index contributed by atoms with van der Waals surface area (Å²) in [5, 5.41) is 3.13. The number of aromatic nitrogens is 2. The van der Waals surface area contributed by atoms with Gasteiger partial charge in [0.05, 0.1) is 5.69 Å². The molecule has 1 atom stereocenters. The maximum absolute atomic E-state index is 12.9. The molecule has 25 heavy (non-hydrogen) atoms. The highest BCUT2D eigenvalue weighted by atomic mass is 16.2. The highest BCUT2D eigenvalue weighted by molar-refractivity contribution is 5.94. The molecule has 134 valence electrons. The van der Waals surface area contributed by atoms with Crippen molar-refractivity contribution in [3.63, 3.8) is 0 Å². The van der Waals surface area contributed by atoms with Gasteiger partial charge in [0.25, 0.3) is 5.91 Å². The minimum absolute atomic E-state index is 0.00844. The lowest BCUT2D eigenvalue weighted by molar-refractivity contribution is 0.0902. The SMILES string of the molecule is C[C@@H](NC(=O)c1nc(-c2ccccc2)n2c1CN(C)CC2)C(C)(C)C. The third-order valence-corrected chi connectivity index (χ3v) is 5.09. The molecular weight excluding hydrogens is 312 g/mol. The molecule has 0 saturated carbocycles. The number of carbonyl (C=O) groups excluding carboxylic acids is 1. The van der Waals surface area contributed by atoms with Crippen LogP contribution in [0.15, 0.2) is 30.3 Å². The summed E-state index contributed by atoms with van der Waals surface area (Å²) in [6.45, 7) is 11.0. The first kappa shape index (κ1) is 17.7. The molecule has 1 aliphatic heterocycles. The lowest BCUT2D eigenvalue weighted by atomic mass is 9.88. The second kappa shape index (κ2) is 6.64. The van der Waals surface area contributed by atoms with Crippen LogP contribution in [0.4, 0.5) is 0 Å². The van der Waals surface area contributed by atoms with Gasteiger partial charge in [-0.15, -0.1) is 0 Å². The summed E-state index contributed by atoms with van der Waals surface area (Å²) in [7, 11) is 2.08. The fourth-order valence-corrected chi connectivity index (χ4v) is 2.96. The average Bonchev–Trinajstić information content (AvgIpc) is 2.93. The quantitative estimate of drug-likeness (QED) is 0.934. The summed E-state index contributed by atoms with van der Waals surface area (Å²) in [5.41, 5.74) is 2.62. The molecule has 3 rings (SSSR count). The van der Waals surface area contributed by atoms with Crippen molar-refractivity contribution < 1.29 is 4.79 Å². The molecule has 0 unspecified atom stereocenters. The van der Waals surface area contributed by atoms with Crippen LogP contribution in [0.5, 0.6) is 0 Å². The van der Waals surface area contributed by atoms with Crippen LogP contribution in [0.25, 0.3) is 11.4 Å². The Kier molecular flexibility index (Phi) is 4.69. The van der Waals surface area contributed by atoms with E-state index in [1.54, 1.807) is 0 Å². The Morgan fingerprint density at radius 1 is 1.20 bits per heavy atom. The van der Waals surface area contributed by atoms with E-state index in [1.165, 1.54) is 0 Å². The Morgan fingerprint density at radius 3 is 2.52 bits per heavy atom. The first-order valence-corrected chi connectivity index (χ1v) is 8.91. The summed E-state index contributed by atoms with van der Waals surface area (Å²) in [6, 6.07) is 10.2. The summed E-state index contributed by atoms with van der Waals surface area (Å²) in [6.07, 6.45) is 0. The van der Waals surface area contributed by atoms with Gasteiger partial charge in [-0.05, 0) is 19.4 Å².